The molecule has 0 unspecified atom stereocenters. The number of piperazine rings is 1. The molecule has 1 aliphatic heterocycles. The van der Waals surface area contributed by atoms with E-state index in [0.29, 0.717) is 6.54 Å². The number of imidazole rings is 1. The number of amides is 1. The third kappa shape index (κ3) is 3.02. The fourth-order valence-electron chi connectivity index (χ4n) is 2.66. The molecule has 1 fully saturated rings. The molecule has 0 aliphatic carbocycles. The minimum atomic E-state index is -0.470. The second kappa shape index (κ2) is 5.93. The second-order valence-corrected chi connectivity index (χ2v) is 5.91. The summed E-state index contributed by atoms with van der Waals surface area (Å²) in [6.07, 6.45) is 3.66. The molecule has 1 N–H and O–H groups in total. The van der Waals surface area contributed by atoms with Crippen LogP contribution in [0.5, 0.6) is 0 Å². The number of likely N-dealkylation sites (N-methyl/N-ethyl adjacent to an activating group) is 1. The highest BCUT2D eigenvalue weighted by atomic mass is 16.2. The minimum absolute atomic E-state index is 0.141. The molecule has 0 radical (unpaired) electrons. The van der Waals surface area contributed by atoms with Gasteiger partial charge in [-0.3, -0.25) is 9.69 Å². The maximum absolute atomic E-state index is 12.7. The molecule has 1 aromatic heterocycles. The molecule has 1 amide bonds. The molecule has 1 aliphatic rings. The van der Waals surface area contributed by atoms with E-state index in [-0.39, 0.29) is 5.91 Å². The Kier molecular flexibility index (Phi) is 4.45. The van der Waals surface area contributed by atoms with Crippen LogP contribution < -0.4 is 5.32 Å². The number of nitrogens with zero attached hydrogens (tertiary/aromatic N) is 4. The zero-order valence-electron chi connectivity index (χ0n) is 12.9. The number of aryl methyl sites for hydroxylation is 1. The molecule has 0 aromatic carbocycles. The summed E-state index contributed by atoms with van der Waals surface area (Å²) in [6, 6.07) is 0. The number of carbonyl (C=O) groups excluding carboxylic acids is 1. The average Bonchev–Trinajstić information content (AvgIpc) is 2.84. The first-order valence-electron chi connectivity index (χ1n) is 7.10. The van der Waals surface area contributed by atoms with Gasteiger partial charge in [-0.25, -0.2) is 4.98 Å². The lowest BCUT2D eigenvalue weighted by molar-refractivity contribution is -0.142. The number of aromatic nitrogens is 2. The van der Waals surface area contributed by atoms with E-state index in [1.807, 2.05) is 38.7 Å². The van der Waals surface area contributed by atoms with Crippen molar-refractivity contribution in [3.8, 4) is 0 Å². The molecule has 6 heteroatoms. The van der Waals surface area contributed by atoms with Gasteiger partial charge in [0, 0.05) is 52.7 Å². The van der Waals surface area contributed by atoms with Crippen LogP contribution in [-0.2, 0) is 18.4 Å². The van der Waals surface area contributed by atoms with E-state index in [4.69, 9.17) is 0 Å². The van der Waals surface area contributed by atoms with Crippen LogP contribution >= 0.6 is 0 Å². The van der Waals surface area contributed by atoms with E-state index >= 15 is 0 Å². The molecule has 0 spiro atoms. The lowest BCUT2D eigenvalue weighted by atomic mass is 9.99. The Labute approximate surface area is 120 Å². The summed E-state index contributed by atoms with van der Waals surface area (Å²) in [6.45, 7) is 8.27. The van der Waals surface area contributed by atoms with E-state index in [1.54, 1.807) is 11.1 Å². The first kappa shape index (κ1) is 15.0. The Morgan fingerprint density at radius 1 is 1.45 bits per heavy atom. The van der Waals surface area contributed by atoms with Gasteiger partial charge in [0.05, 0.1) is 12.1 Å². The monoisotopic (exact) mass is 279 g/mol. The Morgan fingerprint density at radius 3 is 2.65 bits per heavy atom. The Bertz CT molecular complexity index is 462. The van der Waals surface area contributed by atoms with Crippen molar-refractivity contribution < 1.29 is 4.79 Å². The summed E-state index contributed by atoms with van der Waals surface area (Å²) >= 11 is 0. The van der Waals surface area contributed by atoms with Crippen molar-refractivity contribution in [1.82, 2.24) is 24.7 Å². The van der Waals surface area contributed by atoms with Crippen LogP contribution in [0.25, 0.3) is 0 Å². The van der Waals surface area contributed by atoms with E-state index in [1.165, 1.54) is 0 Å². The van der Waals surface area contributed by atoms with Gasteiger partial charge in [0.2, 0.25) is 5.91 Å². The Hall–Kier alpha value is -1.40. The van der Waals surface area contributed by atoms with Crippen molar-refractivity contribution in [2.45, 2.75) is 25.9 Å². The quantitative estimate of drug-likeness (QED) is 0.847. The van der Waals surface area contributed by atoms with Crippen LogP contribution in [0.1, 0.15) is 19.7 Å². The zero-order chi connectivity index (χ0) is 14.8. The molecule has 2 rings (SSSR count). The number of hydrogen-bond donors (Lipinski definition) is 1. The van der Waals surface area contributed by atoms with E-state index in [0.717, 1.165) is 32.0 Å². The van der Waals surface area contributed by atoms with Gasteiger partial charge < -0.3 is 14.8 Å². The highest BCUT2D eigenvalue weighted by Gasteiger charge is 2.37. The smallest absolute Gasteiger partial charge is 0.242 e. The van der Waals surface area contributed by atoms with E-state index in [2.05, 4.69) is 15.2 Å². The minimum Gasteiger partial charge on any atom is -0.337 e. The van der Waals surface area contributed by atoms with Gasteiger partial charge in [0.25, 0.3) is 0 Å². The summed E-state index contributed by atoms with van der Waals surface area (Å²) in [4.78, 5) is 21.0. The number of carbonyl (C=O) groups is 1. The van der Waals surface area contributed by atoms with Crippen molar-refractivity contribution in [3.05, 3.63) is 18.2 Å². The predicted octanol–water partition coefficient (Wildman–Crippen LogP) is 0.0623. The highest BCUT2D eigenvalue weighted by Crippen LogP contribution is 2.18. The van der Waals surface area contributed by atoms with Gasteiger partial charge in [0.15, 0.2) is 0 Å². The summed E-state index contributed by atoms with van der Waals surface area (Å²) in [5.74, 6) is 1.04. The molecule has 0 saturated carbocycles. The summed E-state index contributed by atoms with van der Waals surface area (Å²) in [5.41, 5.74) is -0.470. The molecule has 6 nitrogen and oxygen atoms in total. The molecule has 0 bridgehead atoms. The van der Waals surface area contributed by atoms with Crippen LogP contribution in [0.4, 0.5) is 0 Å². The van der Waals surface area contributed by atoms with Gasteiger partial charge >= 0.3 is 0 Å². The average molecular weight is 279 g/mol. The largest absolute Gasteiger partial charge is 0.337 e. The van der Waals surface area contributed by atoms with Crippen molar-refractivity contribution in [2.75, 3.05) is 33.2 Å². The molecule has 1 saturated heterocycles. The summed E-state index contributed by atoms with van der Waals surface area (Å²) < 4.78 is 1.95. The number of nitrogens with one attached hydrogen (secondary N) is 1. The van der Waals surface area contributed by atoms with Crippen molar-refractivity contribution in [3.63, 3.8) is 0 Å². The van der Waals surface area contributed by atoms with Crippen LogP contribution in [-0.4, -0.2) is 64.0 Å². The van der Waals surface area contributed by atoms with Crippen molar-refractivity contribution >= 4 is 5.91 Å². The molecule has 0 atom stereocenters. The van der Waals surface area contributed by atoms with Crippen molar-refractivity contribution in [2.24, 2.45) is 7.05 Å². The first-order valence-corrected chi connectivity index (χ1v) is 7.10. The van der Waals surface area contributed by atoms with Gasteiger partial charge in [-0.1, -0.05) is 0 Å². The molecule has 20 heavy (non-hydrogen) atoms. The van der Waals surface area contributed by atoms with Crippen LogP contribution in [0.3, 0.4) is 0 Å². The fourth-order valence-corrected chi connectivity index (χ4v) is 2.66. The molecule has 1 aromatic rings. The molecular formula is C14H25N5O. The number of hydrogen-bond acceptors (Lipinski definition) is 4. The van der Waals surface area contributed by atoms with Crippen LogP contribution in [0.2, 0.25) is 0 Å². The van der Waals surface area contributed by atoms with E-state index < -0.39 is 5.54 Å². The molecular weight excluding hydrogens is 254 g/mol. The van der Waals surface area contributed by atoms with Crippen LogP contribution in [0, 0.1) is 0 Å². The van der Waals surface area contributed by atoms with Gasteiger partial charge in [-0.15, -0.1) is 0 Å². The second-order valence-electron chi connectivity index (χ2n) is 5.91. The SMILES string of the molecule is CN(Cc1nccn1C)C(=O)C(C)(C)N1CCNCC1. The maximum Gasteiger partial charge on any atom is 0.242 e. The Morgan fingerprint density at radius 2 is 2.10 bits per heavy atom. The van der Waals surface area contributed by atoms with Gasteiger partial charge in [0.1, 0.15) is 5.82 Å². The van der Waals surface area contributed by atoms with Crippen LogP contribution in [0.15, 0.2) is 12.4 Å². The lowest BCUT2D eigenvalue weighted by Gasteiger charge is -2.41. The topological polar surface area (TPSA) is 53.4 Å². The van der Waals surface area contributed by atoms with Gasteiger partial charge in [-0.2, -0.15) is 0 Å². The van der Waals surface area contributed by atoms with Crippen molar-refractivity contribution in [1.29, 1.82) is 0 Å². The fraction of sp³-hybridized carbons (Fsp3) is 0.714. The lowest BCUT2D eigenvalue weighted by Crippen LogP contribution is -2.60. The predicted molar refractivity (Wildman–Crippen MR) is 78.2 cm³/mol. The highest BCUT2D eigenvalue weighted by molar-refractivity contribution is 5.85. The Balaban J connectivity index is 2.03. The third-order valence-corrected chi connectivity index (χ3v) is 4.08. The van der Waals surface area contributed by atoms with E-state index in [9.17, 15) is 4.79 Å². The third-order valence-electron chi connectivity index (χ3n) is 4.08. The zero-order valence-corrected chi connectivity index (χ0v) is 12.9. The summed E-state index contributed by atoms with van der Waals surface area (Å²) in [5, 5.41) is 3.32. The normalized spacial score (nSPS) is 17.2. The molecule has 112 valence electrons. The maximum atomic E-state index is 12.7. The standard InChI is InChI=1S/C14H25N5O/c1-14(2,19-9-5-15-6-10-19)13(20)18(4)11-12-16-7-8-17(12)3/h7-8,15H,5-6,9-11H2,1-4H3. The first-order chi connectivity index (χ1) is 9.43. The molecule has 2 heterocycles. The van der Waals surface area contributed by atoms with Gasteiger partial charge in [-0.05, 0) is 13.8 Å². The number of rotatable bonds is 4. The summed E-state index contributed by atoms with van der Waals surface area (Å²) in [7, 11) is 3.79.